The fraction of sp³-hybridized carbons (Fsp3) is 0.500. The predicted molar refractivity (Wildman–Crippen MR) is 64.7 cm³/mol. The second-order valence-corrected chi connectivity index (χ2v) is 4.76. The van der Waals surface area contributed by atoms with Gasteiger partial charge >= 0.3 is 5.97 Å². The van der Waals surface area contributed by atoms with Crippen LogP contribution in [-0.4, -0.2) is 16.2 Å². The zero-order valence-electron chi connectivity index (χ0n) is 9.80. The van der Waals surface area contributed by atoms with E-state index >= 15 is 0 Å². The highest BCUT2D eigenvalue weighted by atomic mass is 16.4. The lowest BCUT2D eigenvalue weighted by molar-refractivity contribution is -0.136. The summed E-state index contributed by atoms with van der Waals surface area (Å²) >= 11 is 0. The van der Waals surface area contributed by atoms with Crippen molar-refractivity contribution >= 4 is 5.97 Å². The lowest BCUT2D eigenvalue weighted by Gasteiger charge is -2.20. The molecular formula is C14H18O3. The maximum absolute atomic E-state index is 10.8. The number of aliphatic hydroxyl groups is 1. The molecule has 2 rings (SSSR count). The summed E-state index contributed by atoms with van der Waals surface area (Å²) in [6.07, 6.45) is 3.91. The van der Waals surface area contributed by atoms with Crippen LogP contribution in [0.15, 0.2) is 24.3 Å². The first-order valence-electron chi connectivity index (χ1n) is 6.16. The minimum Gasteiger partial charge on any atom is -0.481 e. The van der Waals surface area contributed by atoms with Crippen LogP contribution in [0.3, 0.4) is 0 Å². The summed E-state index contributed by atoms with van der Waals surface area (Å²) in [6.45, 7) is 0. The molecule has 0 aromatic heterocycles. The molecule has 3 heteroatoms. The van der Waals surface area contributed by atoms with Crippen molar-refractivity contribution in [2.45, 2.75) is 38.2 Å². The molecule has 0 saturated heterocycles. The van der Waals surface area contributed by atoms with Crippen molar-refractivity contribution in [1.29, 1.82) is 0 Å². The highest BCUT2D eigenvalue weighted by Crippen LogP contribution is 2.36. The molecule has 92 valence electrons. The summed E-state index contributed by atoms with van der Waals surface area (Å²) in [4.78, 5) is 10.8. The first kappa shape index (κ1) is 12.1. The molecule has 1 saturated carbocycles. The van der Waals surface area contributed by atoms with Crippen molar-refractivity contribution in [1.82, 2.24) is 0 Å². The minimum absolute atomic E-state index is 0.0139. The minimum atomic E-state index is -0.851. The summed E-state index contributed by atoms with van der Waals surface area (Å²) in [5.74, 6) is -0.555. The summed E-state index contributed by atoms with van der Waals surface area (Å²) in [5.41, 5.74) is 1.53. The third kappa shape index (κ3) is 2.86. The molecule has 1 atom stereocenters. The number of carbonyl (C=O) groups is 1. The van der Waals surface area contributed by atoms with Crippen molar-refractivity contribution in [3.63, 3.8) is 0 Å². The third-order valence-electron chi connectivity index (χ3n) is 3.56. The Morgan fingerprint density at radius 1 is 1.29 bits per heavy atom. The van der Waals surface area contributed by atoms with Gasteiger partial charge in [-0.1, -0.05) is 37.1 Å². The van der Waals surface area contributed by atoms with Crippen LogP contribution in [0.4, 0.5) is 0 Å². The molecule has 1 aliphatic rings. The monoisotopic (exact) mass is 234 g/mol. The number of carboxylic acid groups (broad SMARTS) is 1. The summed E-state index contributed by atoms with van der Waals surface area (Å²) in [5, 5.41) is 19.2. The largest absolute Gasteiger partial charge is 0.481 e. The van der Waals surface area contributed by atoms with E-state index in [1.165, 1.54) is 12.8 Å². The van der Waals surface area contributed by atoms with Gasteiger partial charge in [0.15, 0.2) is 0 Å². The molecule has 1 aliphatic carbocycles. The lowest BCUT2D eigenvalue weighted by Crippen LogP contribution is -2.13. The zero-order chi connectivity index (χ0) is 12.3. The van der Waals surface area contributed by atoms with Gasteiger partial charge in [-0.05, 0) is 29.9 Å². The number of rotatable bonds is 4. The Bertz CT molecular complexity index is 394. The lowest BCUT2D eigenvalue weighted by atomic mass is 9.90. The quantitative estimate of drug-likeness (QED) is 0.841. The van der Waals surface area contributed by atoms with Gasteiger partial charge in [0.05, 0.1) is 12.5 Å². The van der Waals surface area contributed by atoms with E-state index in [0.29, 0.717) is 5.92 Å². The Morgan fingerprint density at radius 3 is 2.59 bits per heavy atom. The van der Waals surface area contributed by atoms with Gasteiger partial charge in [-0.3, -0.25) is 4.79 Å². The van der Waals surface area contributed by atoms with Crippen LogP contribution in [0.25, 0.3) is 0 Å². The summed E-state index contributed by atoms with van der Waals surface area (Å²) < 4.78 is 0. The van der Waals surface area contributed by atoms with Gasteiger partial charge in [0, 0.05) is 0 Å². The first-order valence-corrected chi connectivity index (χ1v) is 6.16. The highest BCUT2D eigenvalue weighted by molar-refractivity contribution is 5.70. The second kappa shape index (κ2) is 5.32. The van der Waals surface area contributed by atoms with Crippen molar-refractivity contribution in [2.24, 2.45) is 5.92 Å². The fourth-order valence-electron chi connectivity index (χ4n) is 2.67. The average molecular weight is 234 g/mol. The van der Waals surface area contributed by atoms with E-state index in [1.807, 2.05) is 18.2 Å². The number of aliphatic hydroxyl groups excluding tert-OH is 1. The smallest absolute Gasteiger partial charge is 0.307 e. The van der Waals surface area contributed by atoms with E-state index in [2.05, 4.69) is 0 Å². The van der Waals surface area contributed by atoms with Gasteiger partial charge in [0.1, 0.15) is 0 Å². The molecule has 2 N–H and O–H groups in total. The standard InChI is InChI=1S/C14H18O3/c15-13(16)9-11-7-3-4-8-12(11)14(17)10-5-1-2-6-10/h3-4,7-8,10,14,17H,1-2,5-6,9H2,(H,15,16). The van der Waals surface area contributed by atoms with E-state index in [1.54, 1.807) is 6.07 Å². The maximum atomic E-state index is 10.8. The molecule has 17 heavy (non-hydrogen) atoms. The molecular weight excluding hydrogens is 216 g/mol. The van der Waals surface area contributed by atoms with E-state index in [0.717, 1.165) is 24.0 Å². The van der Waals surface area contributed by atoms with Crippen molar-refractivity contribution in [3.8, 4) is 0 Å². The number of hydrogen-bond acceptors (Lipinski definition) is 2. The Labute approximate surface area is 101 Å². The highest BCUT2D eigenvalue weighted by Gasteiger charge is 2.26. The topological polar surface area (TPSA) is 57.5 Å². The van der Waals surface area contributed by atoms with E-state index in [-0.39, 0.29) is 6.42 Å². The second-order valence-electron chi connectivity index (χ2n) is 4.76. The molecule has 0 amide bonds. The van der Waals surface area contributed by atoms with Crippen molar-refractivity contribution in [2.75, 3.05) is 0 Å². The van der Waals surface area contributed by atoms with E-state index in [4.69, 9.17) is 5.11 Å². The van der Waals surface area contributed by atoms with Crippen LogP contribution in [0, 0.1) is 5.92 Å². The predicted octanol–water partition coefficient (Wildman–Crippen LogP) is 2.54. The number of aliphatic carboxylic acids is 1. The van der Waals surface area contributed by atoms with Gasteiger partial charge in [-0.2, -0.15) is 0 Å². The SMILES string of the molecule is O=C(O)Cc1ccccc1C(O)C1CCCC1. The molecule has 0 radical (unpaired) electrons. The normalized spacial score (nSPS) is 18.2. The Balaban J connectivity index is 2.20. The molecule has 0 heterocycles. The van der Waals surface area contributed by atoms with Gasteiger partial charge in [-0.15, -0.1) is 0 Å². The van der Waals surface area contributed by atoms with Crippen LogP contribution in [0.5, 0.6) is 0 Å². The zero-order valence-corrected chi connectivity index (χ0v) is 9.80. The summed E-state index contributed by atoms with van der Waals surface area (Å²) in [6, 6.07) is 7.32. The summed E-state index contributed by atoms with van der Waals surface area (Å²) in [7, 11) is 0. The van der Waals surface area contributed by atoms with Gasteiger partial charge in [0.25, 0.3) is 0 Å². The molecule has 1 fully saturated rings. The third-order valence-corrected chi connectivity index (χ3v) is 3.56. The first-order chi connectivity index (χ1) is 8.18. The molecule has 1 aromatic rings. The van der Waals surface area contributed by atoms with Crippen LogP contribution >= 0.6 is 0 Å². The molecule has 1 unspecified atom stereocenters. The molecule has 3 nitrogen and oxygen atoms in total. The Kier molecular flexibility index (Phi) is 3.79. The van der Waals surface area contributed by atoms with E-state index in [9.17, 15) is 9.90 Å². The molecule has 0 spiro atoms. The van der Waals surface area contributed by atoms with Crippen LogP contribution in [0.2, 0.25) is 0 Å². The molecule has 0 aliphatic heterocycles. The number of hydrogen-bond donors (Lipinski definition) is 2. The van der Waals surface area contributed by atoms with Crippen LogP contribution < -0.4 is 0 Å². The van der Waals surface area contributed by atoms with Crippen LogP contribution in [-0.2, 0) is 11.2 Å². The van der Waals surface area contributed by atoms with Crippen molar-refractivity contribution in [3.05, 3.63) is 35.4 Å². The van der Waals surface area contributed by atoms with Gasteiger partial charge in [0.2, 0.25) is 0 Å². The van der Waals surface area contributed by atoms with Gasteiger partial charge < -0.3 is 10.2 Å². The average Bonchev–Trinajstić information content (AvgIpc) is 2.81. The number of carboxylic acids is 1. The Morgan fingerprint density at radius 2 is 1.94 bits per heavy atom. The van der Waals surface area contributed by atoms with Crippen LogP contribution in [0.1, 0.15) is 42.9 Å². The fourth-order valence-corrected chi connectivity index (χ4v) is 2.67. The molecule has 1 aromatic carbocycles. The van der Waals surface area contributed by atoms with Gasteiger partial charge in [-0.25, -0.2) is 0 Å². The van der Waals surface area contributed by atoms with Crippen molar-refractivity contribution < 1.29 is 15.0 Å². The Hall–Kier alpha value is -1.35. The number of benzene rings is 1. The maximum Gasteiger partial charge on any atom is 0.307 e. The van der Waals surface area contributed by atoms with E-state index < -0.39 is 12.1 Å². The molecule has 0 bridgehead atoms.